The fourth-order valence-corrected chi connectivity index (χ4v) is 3.59. The number of aromatic nitrogens is 3. The zero-order valence-corrected chi connectivity index (χ0v) is 14.3. The van der Waals surface area contributed by atoms with Crippen LogP contribution in [0.1, 0.15) is 0 Å². The molecule has 2 aromatic heterocycles. The van der Waals surface area contributed by atoms with Gasteiger partial charge in [-0.05, 0) is 29.8 Å². The van der Waals surface area contributed by atoms with E-state index < -0.39 is 0 Å². The maximum atomic E-state index is 11.9. The normalized spacial score (nSPS) is 10.9. The molecule has 6 heteroatoms. The lowest BCUT2D eigenvalue weighted by Gasteiger charge is -2.10. The third-order valence-corrected chi connectivity index (χ3v) is 4.94. The van der Waals surface area contributed by atoms with Crippen molar-refractivity contribution in [2.45, 2.75) is 9.79 Å². The minimum absolute atomic E-state index is 0.139. The molecule has 1 N–H and O–H groups in total. The zero-order chi connectivity index (χ0) is 17.2. The number of nitrogens with one attached hydrogen (secondary N) is 1. The molecule has 0 saturated heterocycles. The number of hydrogen-bond donors (Lipinski definition) is 1. The molecule has 0 fully saturated rings. The van der Waals surface area contributed by atoms with Gasteiger partial charge in [-0.2, -0.15) is 0 Å². The Balaban J connectivity index is 1.76. The number of methoxy groups -OCH3 is 1. The second-order valence-electron chi connectivity index (χ2n) is 5.41. The molecular formula is C19H15N3O2S. The van der Waals surface area contributed by atoms with Gasteiger partial charge in [-0.15, -0.1) is 0 Å². The quantitative estimate of drug-likeness (QED) is 0.608. The number of aromatic amines is 1. The largest absolute Gasteiger partial charge is 0.496 e. The molecule has 4 aromatic rings. The first-order valence-electron chi connectivity index (χ1n) is 7.73. The topological polar surface area (TPSA) is 59.4 Å². The number of hydrogen-bond acceptors (Lipinski definition) is 4. The summed E-state index contributed by atoms with van der Waals surface area (Å²) in [6, 6.07) is 17.6. The van der Waals surface area contributed by atoms with Crippen molar-refractivity contribution in [2.24, 2.45) is 0 Å². The molecule has 0 aliphatic heterocycles. The van der Waals surface area contributed by atoms with Crippen molar-refractivity contribution in [1.29, 1.82) is 0 Å². The highest BCUT2D eigenvalue weighted by atomic mass is 32.2. The molecule has 2 aromatic carbocycles. The Morgan fingerprint density at radius 2 is 1.96 bits per heavy atom. The standard InChI is InChI=1S/C19H15N3O2S/c1-24-16-11-13(7-8-17(16)25-14-5-3-2-4-6-14)15-12-21-22-18(23)9-10-20-19(15)22/h2-12,21H,1H3. The molecule has 0 spiro atoms. The van der Waals surface area contributed by atoms with E-state index in [1.54, 1.807) is 25.1 Å². The zero-order valence-electron chi connectivity index (χ0n) is 13.5. The Bertz CT molecular complexity index is 1090. The molecule has 0 radical (unpaired) electrons. The molecule has 0 aliphatic rings. The second kappa shape index (κ2) is 6.49. The van der Waals surface area contributed by atoms with Crippen molar-refractivity contribution < 1.29 is 4.74 Å². The predicted molar refractivity (Wildman–Crippen MR) is 98.4 cm³/mol. The lowest BCUT2D eigenvalue weighted by atomic mass is 10.1. The molecule has 0 bridgehead atoms. The number of ether oxygens (including phenoxy) is 1. The van der Waals surface area contributed by atoms with Gasteiger partial charge in [0.2, 0.25) is 0 Å². The summed E-state index contributed by atoms with van der Waals surface area (Å²) in [5, 5.41) is 2.94. The van der Waals surface area contributed by atoms with Crippen LogP contribution in [0, 0.1) is 0 Å². The van der Waals surface area contributed by atoms with Gasteiger partial charge < -0.3 is 4.74 Å². The lowest BCUT2D eigenvalue weighted by Crippen LogP contribution is -2.12. The van der Waals surface area contributed by atoms with Gasteiger partial charge in [0.05, 0.1) is 12.0 Å². The molecule has 2 heterocycles. The van der Waals surface area contributed by atoms with Crippen molar-refractivity contribution in [3.05, 3.63) is 77.3 Å². The highest BCUT2D eigenvalue weighted by molar-refractivity contribution is 7.99. The molecule has 0 aliphatic carbocycles. The first-order chi connectivity index (χ1) is 12.3. The summed E-state index contributed by atoms with van der Waals surface area (Å²) in [6.07, 6.45) is 3.30. The summed E-state index contributed by atoms with van der Waals surface area (Å²) in [7, 11) is 1.66. The van der Waals surface area contributed by atoms with Gasteiger partial charge in [0.15, 0.2) is 5.65 Å². The van der Waals surface area contributed by atoms with Crippen LogP contribution in [0.2, 0.25) is 0 Å². The summed E-state index contributed by atoms with van der Waals surface area (Å²) in [5.41, 5.74) is 2.25. The van der Waals surface area contributed by atoms with E-state index in [0.717, 1.165) is 26.7 Å². The fraction of sp³-hybridized carbons (Fsp3) is 0.0526. The minimum Gasteiger partial charge on any atom is -0.496 e. The van der Waals surface area contributed by atoms with Crippen LogP contribution in [0.15, 0.2) is 81.6 Å². The number of benzene rings is 2. The lowest BCUT2D eigenvalue weighted by molar-refractivity contribution is 0.405. The van der Waals surface area contributed by atoms with Crippen molar-refractivity contribution in [3.8, 4) is 16.9 Å². The summed E-state index contributed by atoms with van der Waals surface area (Å²) >= 11 is 1.65. The molecule has 124 valence electrons. The molecule has 5 nitrogen and oxygen atoms in total. The van der Waals surface area contributed by atoms with E-state index in [1.165, 1.54) is 16.8 Å². The van der Waals surface area contributed by atoms with E-state index in [4.69, 9.17) is 4.74 Å². The van der Waals surface area contributed by atoms with Gasteiger partial charge in [-0.1, -0.05) is 36.0 Å². The smallest absolute Gasteiger partial charge is 0.272 e. The van der Waals surface area contributed by atoms with Gasteiger partial charge in [-0.3, -0.25) is 9.89 Å². The third-order valence-electron chi connectivity index (χ3n) is 3.87. The minimum atomic E-state index is -0.139. The van der Waals surface area contributed by atoms with Crippen molar-refractivity contribution in [1.82, 2.24) is 14.6 Å². The van der Waals surface area contributed by atoms with Gasteiger partial charge in [-0.25, -0.2) is 9.50 Å². The van der Waals surface area contributed by atoms with E-state index in [-0.39, 0.29) is 5.56 Å². The fourth-order valence-electron chi connectivity index (χ4n) is 2.66. The van der Waals surface area contributed by atoms with Crippen LogP contribution < -0.4 is 10.3 Å². The SMILES string of the molecule is COc1cc(-c2c[nH]n3c(=O)ccnc23)ccc1Sc1ccccc1. The number of fused-ring (bicyclic) bond motifs is 1. The van der Waals surface area contributed by atoms with Crippen LogP contribution in [0.4, 0.5) is 0 Å². The predicted octanol–water partition coefficient (Wildman–Crippen LogP) is 3.85. The molecular weight excluding hydrogens is 334 g/mol. The first kappa shape index (κ1) is 15.5. The average molecular weight is 349 g/mol. The molecule has 25 heavy (non-hydrogen) atoms. The number of H-pyrrole nitrogens is 1. The highest BCUT2D eigenvalue weighted by Crippen LogP contribution is 2.37. The van der Waals surface area contributed by atoms with E-state index >= 15 is 0 Å². The van der Waals surface area contributed by atoms with E-state index in [2.05, 4.69) is 22.2 Å². The van der Waals surface area contributed by atoms with Crippen LogP contribution in [0.3, 0.4) is 0 Å². The maximum absolute atomic E-state index is 11.9. The highest BCUT2D eigenvalue weighted by Gasteiger charge is 2.12. The Kier molecular flexibility index (Phi) is 4.03. The average Bonchev–Trinajstić information content (AvgIpc) is 3.08. The monoisotopic (exact) mass is 349 g/mol. The van der Waals surface area contributed by atoms with Crippen LogP contribution in [0.25, 0.3) is 16.8 Å². The van der Waals surface area contributed by atoms with Crippen molar-refractivity contribution >= 4 is 17.4 Å². The molecule has 0 saturated carbocycles. The van der Waals surface area contributed by atoms with Crippen LogP contribution in [0.5, 0.6) is 5.75 Å². The van der Waals surface area contributed by atoms with E-state index in [9.17, 15) is 4.79 Å². The molecule has 0 atom stereocenters. The summed E-state index contributed by atoms with van der Waals surface area (Å²) in [4.78, 5) is 18.4. The number of nitrogens with zero attached hydrogens (tertiary/aromatic N) is 2. The molecule has 0 amide bonds. The summed E-state index contributed by atoms with van der Waals surface area (Å²) in [5.74, 6) is 0.781. The Morgan fingerprint density at radius 3 is 2.76 bits per heavy atom. The van der Waals surface area contributed by atoms with E-state index in [0.29, 0.717) is 5.65 Å². The second-order valence-corrected chi connectivity index (χ2v) is 6.53. The Morgan fingerprint density at radius 1 is 1.12 bits per heavy atom. The van der Waals surface area contributed by atoms with Crippen molar-refractivity contribution in [3.63, 3.8) is 0 Å². The van der Waals surface area contributed by atoms with Gasteiger partial charge >= 0.3 is 0 Å². The molecule has 4 rings (SSSR count). The first-order valence-corrected chi connectivity index (χ1v) is 8.54. The summed E-state index contributed by atoms with van der Waals surface area (Å²) < 4.78 is 7.00. The Labute approximate surface area is 148 Å². The van der Waals surface area contributed by atoms with Crippen LogP contribution >= 0.6 is 11.8 Å². The van der Waals surface area contributed by atoms with Crippen molar-refractivity contribution in [2.75, 3.05) is 7.11 Å². The summed E-state index contributed by atoms with van der Waals surface area (Å²) in [6.45, 7) is 0. The van der Waals surface area contributed by atoms with Gasteiger partial charge in [0.25, 0.3) is 5.56 Å². The molecule has 0 unspecified atom stereocenters. The van der Waals surface area contributed by atoms with Gasteiger partial charge in [0.1, 0.15) is 5.75 Å². The van der Waals surface area contributed by atoms with E-state index in [1.807, 2.05) is 36.4 Å². The van der Waals surface area contributed by atoms with Crippen LogP contribution in [-0.2, 0) is 0 Å². The van der Waals surface area contributed by atoms with Gasteiger partial charge in [0, 0.05) is 28.9 Å². The number of rotatable bonds is 4. The van der Waals surface area contributed by atoms with Crippen LogP contribution in [-0.4, -0.2) is 21.7 Å². The third kappa shape index (κ3) is 2.92. The Hall–Kier alpha value is -2.99. The maximum Gasteiger partial charge on any atom is 0.272 e.